The Kier molecular flexibility index (Phi) is 6.15. The number of morpholine rings is 1. The Morgan fingerprint density at radius 3 is 2.68 bits per heavy atom. The minimum atomic E-state index is -0.0530. The third-order valence-electron chi connectivity index (χ3n) is 5.08. The minimum Gasteiger partial charge on any atom is -0.493 e. The molecule has 2 fully saturated rings. The normalized spacial score (nSPS) is 21.8. The molecule has 1 unspecified atom stereocenters. The van der Waals surface area contributed by atoms with E-state index in [1.54, 1.807) is 14.2 Å². The second-order valence-electron chi connectivity index (χ2n) is 6.57. The zero-order valence-corrected chi connectivity index (χ0v) is 15.2. The quantitative estimate of drug-likeness (QED) is 0.814. The first-order valence-electron chi connectivity index (χ1n) is 9.05. The lowest BCUT2D eigenvalue weighted by Gasteiger charge is -2.39. The molecule has 0 radical (unpaired) electrons. The van der Waals surface area contributed by atoms with Crippen LogP contribution in [0.25, 0.3) is 0 Å². The summed E-state index contributed by atoms with van der Waals surface area (Å²) in [5, 5.41) is 0. The van der Waals surface area contributed by atoms with Gasteiger partial charge in [-0.1, -0.05) is 18.6 Å². The van der Waals surface area contributed by atoms with Crippen LogP contribution in [0.3, 0.4) is 0 Å². The van der Waals surface area contributed by atoms with Crippen molar-refractivity contribution in [3.8, 4) is 11.5 Å². The molecule has 2 heterocycles. The highest BCUT2D eigenvalue weighted by molar-refractivity contribution is 5.82. The summed E-state index contributed by atoms with van der Waals surface area (Å²) in [6, 6.07) is 5.86. The molecule has 1 aromatic rings. The molecule has 1 amide bonds. The molecule has 0 bridgehead atoms. The summed E-state index contributed by atoms with van der Waals surface area (Å²) in [6.45, 7) is 4.31. The monoisotopic (exact) mass is 348 g/mol. The fourth-order valence-corrected chi connectivity index (χ4v) is 3.75. The maximum absolute atomic E-state index is 13.0. The number of ether oxygens (including phenoxy) is 3. The molecular weight excluding hydrogens is 320 g/mol. The topological polar surface area (TPSA) is 51.2 Å². The summed E-state index contributed by atoms with van der Waals surface area (Å²) in [4.78, 5) is 17.2. The van der Waals surface area contributed by atoms with Gasteiger partial charge in [0.1, 0.15) is 0 Å². The van der Waals surface area contributed by atoms with Crippen molar-refractivity contribution < 1.29 is 19.0 Å². The number of methoxy groups -OCH3 is 2. The molecule has 0 aromatic heterocycles. The van der Waals surface area contributed by atoms with Crippen molar-refractivity contribution in [3.63, 3.8) is 0 Å². The van der Waals surface area contributed by atoms with Crippen LogP contribution in [0.2, 0.25) is 0 Å². The van der Waals surface area contributed by atoms with Gasteiger partial charge >= 0.3 is 0 Å². The van der Waals surface area contributed by atoms with Crippen LogP contribution >= 0.6 is 0 Å². The van der Waals surface area contributed by atoms with Gasteiger partial charge in [0.2, 0.25) is 5.91 Å². The van der Waals surface area contributed by atoms with E-state index in [0.717, 1.165) is 42.9 Å². The van der Waals surface area contributed by atoms with Gasteiger partial charge in [0, 0.05) is 25.2 Å². The molecule has 138 valence electrons. The highest BCUT2D eigenvalue weighted by atomic mass is 16.5. The third-order valence-corrected chi connectivity index (χ3v) is 5.08. The van der Waals surface area contributed by atoms with E-state index in [9.17, 15) is 4.79 Å². The number of benzene rings is 1. The van der Waals surface area contributed by atoms with Crippen molar-refractivity contribution >= 4 is 5.91 Å². The molecule has 0 N–H and O–H groups in total. The van der Waals surface area contributed by atoms with Crippen LogP contribution in [0, 0.1) is 0 Å². The van der Waals surface area contributed by atoms with Gasteiger partial charge in [-0.2, -0.15) is 0 Å². The van der Waals surface area contributed by atoms with Crippen LogP contribution in [0.15, 0.2) is 18.2 Å². The maximum atomic E-state index is 13.0. The highest BCUT2D eigenvalue weighted by Crippen LogP contribution is 2.33. The summed E-state index contributed by atoms with van der Waals surface area (Å²) in [7, 11) is 3.31. The van der Waals surface area contributed by atoms with E-state index in [1.807, 2.05) is 23.1 Å². The van der Waals surface area contributed by atoms with Crippen LogP contribution < -0.4 is 9.47 Å². The average molecular weight is 348 g/mol. The van der Waals surface area contributed by atoms with Gasteiger partial charge in [0.05, 0.1) is 33.5 Å². The predicted octanol–water partition coefficient (Wildman–Crippen LogP) is 1.92. The first kappa shape index (κ1) is 18.0. The first-order valence-corrected chi connectivity index (χ1v) is 9.05. The van der Waals surface area contributed by atoms with Gasteiger partial charge in [-0.05, 0) is 25.5 Å². The Labute approximate surface area is 149 Å². The molecule has 2 saturated heterocycles. The van der Waals surface area contributed by atoms with Crippen molar-refractivity contribution in [1.29, 1.82) is 0 Å². The van der Waals surface area contributed by atoms with E-state index in [2.05, 4.69) is 4.90 Å². The molecule has 25 heavy (non-hydrogen) atoms. The highest BCUT2D eigenvalue weighted by Gasteiger charge is 2.33. The number of nitrogens with zero attached hydrogens (tertiary/aromatic N) is 2. The molecule has 0 spiro atoms. The predicted molar refractivity (Wildman–Crippen MR) is 95.0 cm³/mol. The molecule has 1 atom stereocenters. The summed E-state index contributed by atoms with van der Waals surface area (Å²) < 4.78 is 16.3. The lowest BCUT2D eigenvalue weighted by molar-refractivity contribution is -0.142. The van der Waals surface area contributed by atoms with Crippen LogP contribution in [0.1, 0.15) is 24.8 Å². The van der Waals surface area contributed by atoms with E-state index >= 15 is 0 Å². The second kappa shape index (κ2) is 8.54. The number of para-hydroxylation sites is 1. The van der Waals surface area contributed by atoms with E-state index in [4.69, 9.17) is 14.2 Å². The number of amides is 1. The number of piperidine rings is 1. The Morgan fingerprint density at radius 2 is 1.96 bits per heavy atom. The largest absolute Gasteiger partial charge is 0.493 e. The molecule has 2 aliphatic heterocycles. The number of hydrogen-bond acceptors (Lipinski definition) is 5. The molecule has 2 aliphatic rings. The summed E-state index contributed by atoms with van der Waals surface area (Å²) >= 11 is 0. The van der Waals surface area contributed by atoms with E-state index < -0.39 is 0 Å². The van der Waals surface area contributed by atoms with E-state index in [0.29, 0.717) is 32.8 Å². The average Bonchev–Trinajstić information content (AvgIpc) is 2.68. The summed E-state index contributed by atoms with van der Waals surface area (Å²) in [6.07, 6.45) is 3.15. The van der Waals surface area contributed by atoms with Crippen molar-refractivity contribution in [1.82, 2.24) is 9.80 Å². The fraction of sp³-hybridized carbons (Fsp3) is 0.632. The number of hydrogen-bond donors (Lipinski definition) is 0. The van der Waals surface area contributed by atoms with Crippen molar-refractivity contribution in [2.75, 3.05) is 47.1 Å². The minimum absolute atomic E-state index is 0.0530. The van der Waals surface area contributed by atoms with Crippen LogP contribution in [-0.2, 0) is 16.1 Å². The van der Waals surface area contributed by atoms with E-state index in [-0.39, 0.29) is 11.9 Å². The molecule has 6 nitrogen and oxygen atoms in total. The summed E-state index contributed by atoms with van der Waals surface area (Å²) in [5.41, 5.74) is 1.06. The van der Waals surface area contributed by atoms with Crippen molar-refractivity contribution in [3.05, 3.63) is 23.8 Å². The van der Waals surface area contributed by atoms with Gasteiger partial charge in [-0.25, -0.2) is 0 Å². The molecule has 0 saturated carbocycles. The molecule has 6 heteroatoms. The third kappa shape index (κ3) is 4.07. The van der Waals surface area contributed by atoms with Gasteiger partial charge in [-0.3, -0.25) is 9.69 Å². The van der Waals surface area contributed by atoms with Crippen molar-refractivity contribution in [2.24, 2.45) is 0 Å². The number of rotatable bonds is 5. The lowest BCUT2D eigenvalue weighted by atomic mass is 9.99. The van der Waals surface area contributed by atoms with Gasteiger partial charge in [-0.15, -0.1) is 0 Å². The standard InChI is InChI=1S/C19H28N2O4/c1-23-17-8-5-6-15(18(17)24-2)14-21-9-4-3-7-16(21)19(22)20-10-12-25-13-11-20/h5-6,8,16H,3-4,7,9-14H2,1-2H3. The smallest absolute Gasteiger partial charge is 0.240 e. The first-order chi connectivity index (χ1) is 12.2. The molecule has 0 aliphatic carbocycles. The number of carbonyl (C=O) groups is 1. The molecular formula is C19H28N2O4. The van der Waals surface area contributed by atoms with Gasteiger partial charge in [0.15, 0.2) is 11.5 Å². The number of carbonyl (C=O) groups excluding carboxylic acids is 1. The Hall–Kier alpha value is -1.79. The Morgan fingerprint density at radius 1 is 1.16 bits per heavy atom. The summed E-state index contributed by atoms with van der Waals surface area (Å²) in [5.74, 6) is 1.73. The number of likely N-dealkylation sites (tertiary alicyclic amines) is 1. The Balaban J connectivity index is 1.76. The van der Waals surface area contributed by atoms with Gasteiger partial charge in [0.25, 0.3) is 0 Å². The lowest BCUT2D eigenvalue weighted by Crippen LogP contribution is -2.53. The van der Waals surface area contributed by atoms with Crippen LogP contribution in [0.5, 0.6) is 11.5 Å². The fourth-order valence-electron chi connectivity index (χ4n) is 3.75. The second-order valence-corrected chi connectivity index (χ2v) is 6.57. The van der Waals surface area contributed by atoms with Crippen LogP contribution in [0.4, 0.5) is 0 Å². The van der Waals surface area contributed by atoms with Crippen molar-refractivity contribution in [2.45, 2.75) is 31.8 Å². The van der Waals surface area contributed by atoms with Crippen LogP contribution in [-0.4, -0.2) is 68.8 Å². The Bertz CT molecular complexity index is 587. The molecule has 3 rings (SSSR count). The molecule has 1 aromatic carbocycles. The zero-order valence-electron chi connectivity index (χ0n) is 15.2. The van der Waals surface area contributed by atoms with Gasteiger partial charge < -0.3 is 19.1 Å². The van der Waals surface area contributed by atoms with E-state index in [1.165, 1.54) is 0 Å². The SMILES string of the molecule is COc1cccc(CN2CCCCC2C(=O)N2CCOCC2)c1OC. The zero-order chi connectivity index (χ0) is 17.6. The maximum Gasteiger partial charge on any atom is 0.240 e.